The van der Waals surface area contributed by atoms with Gasteiger partial charge in [-0.15, -0.1) is 0 Å². The molecule has 0 unspecified atom stereocenters. The van der Waals surface area contributed by atoms with Crippen LogP contribution in [0.1, 0.15) is 0 Å². The summed E-state index contributed by atoms with van der Waals surface area (Å²) in [4.78, 5) is 7.85. The van der Waals surface area contributed by atoms with E-state index in [1.54, 1.807) is 0 Å². The standard InChI is InChI=1S/C13H8Cl2FN5O2S/c14-9-7-8(1-2-10(9)16)20-24(22,23)12-4-6-18-21(12)13-17-5-3-11(15)19-13/h1-7,20H. The third kappa shape index (κ3) is 3.32. The lowest BCUT2D eigenvalue weighted by Crippen LogP contribution is -2.18. The largest absolute Gasteiger partial charge is 0.279 e. The average molecular weight is 388 g/mol. The molecule has 11 heteroatoms. The number of hydrogen-bond acceptors (Lipinski definition) is 5. The first-order chi connectivity index (χ1) is 11.4. The summed E-state index contributed by atoms with van der Waals surface area (Å²) in [6.07, 6.45) is 2.65. The Labute approximate surface area is 146 Å². The number of nitrogens with one attached hydrogen (secondary N) is 1. The van der Waals surface area contributed by atoms with Gasteiger partial charge in [0.15, 0.2) is 5.03 Å². The second kappa shape index (κ2) is 6.34. The Balaban J connectivity index is 1.99. The minimum Gasteiger partial charge on any atom is -0.278 e. The minimum atomic E-state index is -4.04. The molecule has 124 valence electrons. The SMILES string of the molecule is O=S(=O)(Nc1ccc(F)c(Cl)c1)c1ccnn1-c1nccc(Cl)n1. The Morgan fingerprint density at radius 2 is 1.92 bits per heavy atom. The highest BCUT2D eigenvalue weighted by molar-refractivity contribution is 7.92. The molecule has 3 rings (SSSR count). The van der Waals surface area contributed by atoms with Crippen molar-refractivity contribution >= 4 is 38.9 Å². The summed E-state index contributed by atoms with van der Waals surface area (Å²) < 4.78 is 41.6. The summed E-state index contributed by atoms with van der Waals surface area (Å²) in [6.45, 7) is 0. The van der Waals surface area contributed by atoms with Crippen LogP contribution in [0, 0.1) is 5.82 Å². The number of sulfonamides is 1. The van der Waals surface area contributed by atoms with Crippen molar-refractivity contribution in [2.75, 3.05) is 4.72 Å². The molecule has 0 aliphatic carbocycles. The van der Waals surface area contributed by atoms with E-state index in [9.17, 15) is 12.8 Å². The second-order valence-electron chi connectivity index (χ2n) is 4.50. The highest BCUT2D eigenvalue weighted by Crippen LogP contribution is 2.22. The fourth-order valence-electron chi connectivity index (χ4n) is 1.84. The highest BCUT2D eigenvalue weighted by atomic mass is 35.5. The Hall–Kier alpha value is -2.23. The fraction of sp³-hybridized carbons (Fsp3) is 0. The van der Waals surface area contributed by atoms with Gasteiger partial charge in [-0.05, 0) is 30.3 Å². The van der Waals surface area contributed by atoms with Gasteiger partial charge >= 0.3 is 0 Å². The van der Waals surface area contributed by atoms with Crippen molar-refractivity contribution in [2.24, 2.45) is 0 Å². The van der Waals surface area contributed by atoms with Gasteiger partial charge in [-0.2, -0.15) is 23.2 Å². The van der Waals surface area contributed by atoms with Gasteiger partial charge in [0, 0.05) is 6.20 Å². The van der Waals surface area contributed by atoms with Gasteiger partial charge in [-0.3, -0.25) is 4.72 Å². The molecule has 0 spiro atoms. The third-order valence-electron chi connectivity index (χ3n) is 2.85. The van der Waals surface area contributed by atoms with E-state index >= 15 is 0 Å². The highest BCUT2D eigenvalue weighted by Gasteiger charge is 2.22. The second-order valence-corrected chi connectivity index (χ2v) is 6.92. The Kier molecular flexibility index (Phi) is 4.39. The molecule has 0 amide bonds. The van der Waals surface area contributed by atoms with E-state index in [1.807, 2.05) is 0 Å². The van der Waals surface area contributed by atoms with E-state index in [4.69, 9.17) is 23.2 Å². The van der Waals surface area contributed by atoms with Crippen molar-refractivity contribution < 1.29 is 12.8 Å². The third-order valence-corrected chi connectivity index (χ3v) is 4.72. The van der Waals surface area contributed by atoms with Crippen LogP contribution < -0.4 is 4.72 Å². The number of halogens is 3. The van der Waals surface area contributed by atoms with Crippen LogP contribution in [0.25, 0.3) is 5.95 Å². The Bertz CT molecular complexity index is 1010. The number of nitrogens with zero attached hydrogens (tertiary/aromatic N) is 4. The van der Waals surface area contributed by atoms with Crippen LogP contribution in [0.4, 0.5) is 10.1 Å². The van der Waals surface area contributed by atoms with Crippen molar-refractivity contribution in [2.45, 2.75) is 5.03 Å². The minimum absolute atomic E-state index is 0.00925. The topological polar surface area (TPSA) is 89.8 Å². The van der Waals surface area contributed by atoms with Gasteiger partial charge in [-0.1, -0.05) is 23.2 Å². The smallest absolute Gasteiger partial charge is 0.278 e. The van der Waals surface area contributed by atoms with Crippen molar-refractivity contribution in [3.05, 3.63) is 58.7 Å². The zero-order valence-electron chi connectivity index (χ0n) is 11.7. The van der Waals surface area contributed by atoms with E-state index in [0.29, 0.717) is 0 Å². The molecule has 0 saturated carbocycles. The normalized spacial score (nSPS) is 11.5. The maximum atomic E-state index is 13.2. The predicted molar refractivity (Wildman–Crippen MR) is 86.4 cm³/mol. The van der Waals surface area contributed by atoms with Gasteiger partial charge in [0.1, 0.15) is 11.0 Å². The molecule has 0 saturated heterocycles. The first-order valence-corrected chi connectivity index (χ1v) is 8.61. The summed E-state index contributed by atoms with van der Waals surface area (Å²) >= 11 is 11.4. The summed E-state index contributed by atoms with van der Waals surface area (Å²) in [5, 5.41) is 3.61. The van der Waals surface area contributed by atoms with Crippen molar-refractivity contribution in [3.8, 4) is 5.95 Å². The molecule has 1 N–H and O–H groups in total. The van der Waals surface area contributed by atoms with Crippen LogP contribution in [0.2, 0.25) is 10.2 Å². The molecule has 0 radical (unpaired) electrons. The van der Waals surface area contributed by atoms with Gasteiger partial charge in [0.25, 0.3) is 16.0 Å². The van der Waals surface area contributed by atoms with Gasteiger partial charge in [0.2, 0.25) is 0 Å². The quantitative estimate of drug-likeness (QED) is 0.695. The summed E-state index contributed by atoms with van der Waals surface area (Å²) in [5.74, 6) is -0.665. The molecule has 0 atom stereocenters. The zero-order valence-corrected chi connectivity index (χ0v) is 14.0. The summed E-state index contributed by atoms with van der Waals surface area (Å²) in [5.41, 5.74) is 0.0983. The van der Waals surface area contributed by atoms with E-state index in [1.165, 1.54) is 30.6 Å². The van der Waals surface area contributed by atoms with Crippen LogP contribution in [-0.2, 0) is 10.0 Å². The molecule has 0 bridgehead atoms. The molecule has 2 aromatic heterocycles. The number of aromatic nitrogens is 4. The maximum Gasteiger partial charge on any atom is 0.279 e. The lowest BCUT2D eigenvalue weighted by molar-refractivity contribution is 0.588. The zero-order chi connectivity index (χ0) is 17.3. The first kappa shape index (κ1) is 16.6. The van der Waals surface area contributed by atoms with Crippen LogP contribution in [-0.4, -0.2) is 28.2 Å². The number of rotatable bonds is 4. The molecule has 0 aliphatic rings. The molecular weight excluding hydrogens is 380 g/mol. The van der Waals surface area contributed by atoms with E-state index < -0.39 is 15.8 Å². The molecule has 0 aliphatic heterocycles. The monoisotopic (exact) mass is 387 g/mol. The van der Waals surface area contributed by atoms with Gasteiger partial charge in [0.05, 0.1) is 16.9 Å². The average Bonchev–Trinajstić information content (AvgIpc) is 3.01. The van der Waals surface area contributed by atoms with E-state index in [-0.39, 0.29) is 26.8 Å². The number of hydrogen-bond donors (Lipinski definition) is 1. The molecule has 2 heterocycles. The first-order valence-electron chi connectivity index (χ1n) is 6.38. The molecule has 1 aromatic carbocycles. The maximum absolute atomic E-state index is 13.2. The summed E-state index contributed by atoms with van der Waals surface area (Å²) in [6, 6.07) is 6.16. The summed E-state index contributed by atoms with van der Waals surface area (Å²) in [7, 11) is -4.04. The van der Waals surface area contributed by atoms with E-state index in [2.05, 4.69) is 19.8 Å². The Morgan fingerprint density at radius 1 is 1.12 bits per heavy atom. The van der Waals surface area contributed by atoms with Crippen molar-refractivity contribution in [1.82, 2.24) is 19.7 Å². The van der Waals surface area contributed by atoms with Crippen LogP contribution in [0.5, 0.6) is 0 Å². The van der Waals surface area contributed by atoms with Crippen molar-refractivity contribution in [1.29, 1.82) is 0 Å². The molecule has 0 fully saturated rings. The van der Waals surface area contributed by atoms with E-state index in [0.717, 1.165) is 16.8 Å². The molecule has 24 heavy (non-hydrogen) atoms. The van der Waals surface area contributed by atoms with Crippen LogP contribution in [0.15, 0.2) is 47.8 Å². The molecule has 3 aromatic rings. The molecule has 7 nitrogen and oxygen atoms in total. The number of anilines is 1. The predicted octanol–water partition coefficient (Wildman–Crippen LogP) is 2.91. The van der Waals surface area contributed by atoms with Gasteiger partial charge < -0.3 is 0 Å². The fourth-order valence-corrected chi connectivity index (χ4v) is 3.29. The lowest BCUT2D eigenvalue weighted by Gasteiger charge is -2.10. The molecular formula is C13H8Cl2FN5O2S. The van der Waals surface area contributed by atoms with Gasteiger partial charge in [-0.25, -0.2) is 9.37 Å². The Morgan fingerprint density at radius 3 is 2.62 bits per heavy atom. The van der Waals surface area contributed by atoms with Crippen LogP contribution in [0.3, 0.4) is 0 Å². The number of benzene rings is 1. The van der Waals surface area contributed by atoms with Crippen LogP contribution >= 0.6 is 23.2 Å². The lowest BCUT2D eigenvalue weighted by atomic mass is 10.3. The van der Waals surface area contributed by atoms with Crippen molar-refractivity contribution in [3.63, 3.8) is 0 Å².